The average Bonchev–Trinajstić information content (AvgIpc) is 2.05. The molecule has 0 aliphatic heterocycles. The van der Waals surface area contributed by atoms with Gasteiger partial charge in [-0.15, -0.1) is 0 Å². The van der Waals surface area contributed by atoms with Gasteiger partial charge in [0.15, 0.2) is 0 Å². The van der Waals surface area contributed by atoms with Crippen LogP contribution in [0.5, 0.6) is 0 Å². The van der Waals surface area contributed by atoms with E-state index < -0.39 is 0 Å². The molecule has 0 aromatic rings. The van der Waals surface area contributed by atoms with E-state index in [1.54, 1.807) is 13.0 Å². The lowest BCUT2D eigenvalue weighted by molar-refractivity contribution is 1.02. The molecular weight excluding hydrogens is 148 g/mol. The summed E-state index contributed by atoms with van der Waals surface area (Å²) in [6, 6.07) is 0. The van der Waals surface area contributed by atoms with Crippen molar-refractivity contribution in [2.24, 2.45) is 0 Å². The zero-order chi connectivity index (χ0) is 9.56. The maximum atomic E-state index is 7.50. The summed E-state index contributed by atoms with van der Waals surface area (Å²) in [6.07, 6.45) is 5.53. The van der Waals surface area contributed by atoms with Gasteiger partial charge >= 0.3 is 0 Å². The van der Waals surface area contributed by atoms with Crippen LogP contribution in [-0.2, 0) is 0 Å². The van der Waals surface area contributed by atoms with Gasteiger partial charge in [-0.3, -0.25) is 0 Å². The molecule has 0 heterocycles. The molecule has 0 atom stereocenters. The lowest BCUT2D eigenvalue weighted by Crippen LogP contribution is -2.09. The molecule has 0 aliphatic carbocycles. The molecule has 2 nitrogen and oxygen atoms in total. The minimum atomic E-state index is 0.539. The van der Waals surface area contributed by atoms with Crippen LogP contribution in [0.3, 0.4) is 0 Å². The number of hydrogen-bond donors (Lipinski definition) is 2. The highest BCUT2D eigenvalue weighted by Gasteiger charge is 1.99. The highest BCUT2D eigenvalue weighted by Crippen LogP contribution is 2.05. The van der Waals surface area contributed by atoms with Crippen molar-refractivity contribution in [3.63, 3.8) is 0 Å². The van der Waals surface area contributed by atoms with Crippen LogP contribution >= 0.6 is 0 Å². The molecule has 0 radical (unpaired) electrons. The zero-order valence-electron chi connectivity index (χ0n) is 7.94. The van der Waals surface area contributed by atoms with Gasteiger partial charge in [0.25, 0.3) is 0 Å². The van der Waals surface area contributed by atoms with Crippen LogP contribution in [0, 0.1) is 5.41 Å². The van der Waals surface area contributed by atoms with E-state index in [1.807, 2.05) is 26.1 Å². The molecule has 0 aromatic heterocycles. The second kappa shape index (κ2) is 5.35. The maximum Gasteiger partial charge on any atom is 0.0423 e. The monoisotopic (exact) mass is 164 g/mol. The van der Waals surface area contributed by atoms with Crippen molar-refractivity contribution >= 4 is 5.71 Å². The minimum Gasteiger partial charge on any atom is -0.388 e. The number of allylic oxidation sites excluding steroid dienone is 4. The van der Waals surface area contributed by atoms with Gasteiger partial charge in [0.2, 0.25) is 0 Å². The molecule has 0 saturated heterocycles. The molecule has 0 saturated carbocycles. The third kappa shape index (κ3) is 2.74. The van der Waals surface area contributed by atoms with Crippen molar-refractivity contribution < 1.29 is 0 Å². The molecule has 66 valence electrons. The van der Waals surface area contributed by atoms with Gasteiger partial charge in [0.1, 0.15) is 0 Å². The second-order valence-corrected chi connectivity index (χ2v) is 2.41. The Labute approximate surface area is 74.2 Å². The molecule has 0 unspecified atom stereocenters. The van der Waals surface area contributed by atoms with Crippen LogP contribution < -0.4 is 5.32 Å². The third-order valence-electron chi connectivity index (χ3n) is 1.50. The van der Waals surface area contributed by atoms with E-state index in [4.69, 9.17) is 5.41 Å². The van der Waals surface area contributed by atoms with Crippen molar-refractivity contribution in [3.05, 3.63) is 36.1 Å². The predicted octanol–water partition coefficient (Wildman–Crippen LogP) is 2.26. The molecule has 12 heavy (non-hydrogen) atoms. The van der Waals surface area contributed by atoms with E-state index in [9.17, 15) is 0 Å². The lowest BCUT2D eigenvalue weighted by atomic mass is 10.1. The fourth-order valence-electron chi connectivity index (χ4n) is 0.930. The van der Waals surface area contributed by atoms with E-state index in [-0.39, 0.29) is 0 Å². The third-order valence-corrected chi connectivity index (χ3v) is 1.50. The van der Waals surface area contributed by atoms with Gasteiger partial charge in [-0.1, -0.05) is 18.7 Å². The molecule has 0 aromatic carbocycles. The maximum absolute atomic E-state index is 7.50. The van der Waals surface area contributed by atoms with E-state index in [0.717, 1.165) is 11.3 Å². The van der Waals surface area contributed by atoms with Gasteiger partial charge < -0.3 is 10.7 Å². The van der Waals surface area contributed by atoms with Crippen molar-refractivity contribution in [2.45, 2.75) is 13.8 Å². The Balaban J connectivity index is 5.02. The first-order chi connectivity index (χ1) is 5.67. The first-order valence-corrected chi connectivity index (χ1v) is 3.90. The van der Waals surface area contributed by atoms with Gasteiger partial charge in [0, 0.05) is 24.0 Å². The summed E-state index contributed by atoms with van der Waals surface area (Å²) in [5.41, 5.74) is 2.31. The topological polar surface area (TPSA) is 35.9 Å². The molecule has 0 rings (SSSR count). The molecule has 0 amide bonds. The van der Waals surface area contributed by atoms with Gasteiger partial charge in [0.05, 0.1) is 0 Å². The Morgan fingerprint density at radius 2 is 2.08 bits per heavy atom. The van der Waals surface area contributed by atoms with Crippen LogP contribution in [0.4, 0.5) is 0 Å². The smallest absolute Gasteiger partial charge is 0.0423 e. The summed E-state index contributed by atoms with van der Waals surface area (Å²) >= 11 is 0. The normalized spacial score (nSPS) is 12.6. The number of likely N-dealkylation sites (N-methyl/N-ethyl adjacent to an activating group) is 1. The second-order valence-electron chi connectivity index (χ2n) is 2.41. The fraction of sp³-hybridized carbons (Fsp3) is 0.300. The Morgan fingerprint density at radius 3 is 2.33 bits per heavy atom. The van der Waals surface area contributed by atoms with Crippen molar-refractivity contribution in [1.82, 2.24) is 5.32 Å². The van der Waals surface area contributed by atoms with Crippen LogP contribution in [0.15, 0.2) is 36.1 Å². The van der Waals surface area contributed by atoms with E-state index in [1.165, 1.54) is 0 Å². The zero-order valence-corrected chi connectivity index (χ0v) is 7.94. The standard InChI is InChI=1S/C10H16N2/c1-5-7-9(8(3)11)10(6-2)12-4/h5-7,11-12H,2H2,1,3-4H3/b7-5-,10-9-,11-8?. The van der Waals surface area contributed by atoms with Gasteiger partial charge in [-0.25, -0.2) is 0 Å². The highest BCUT2D eigenvalue weighted by molar-refractivity contribution is 5.99. The highest BCUT2D eigenvalue weighted by atomic mass is 14.8. The fourth-order valence-corrected chi connectivity index (χ4v) is 0.930. The quantitative estimate of drug-likeness (QED) is 0.485. The minimum absolute atomic E-state index is 0.539. The average molecular weight is 164 g/mol. The van der Waals surface area contributed by atoms with E-state index in [0.29, 0.717) is 5.71 Å². The molecule has 0 aliphatic rings. The lowest BCUT2D eigenvalue weighted by Gasteiger charge is -2.06. The number of rotatable bonds is 4. The van der Waals surface area contributed by atoms with Crippen LogP contribution in [0.1, 0.15) is 13.8 Å². The van der Waals surface area contributed by atoms with E-state index >= 15 is 0 Å². The first-order valence-electron chi connectivity index (χ1n) is 3.90. The van der Waals surface area contributed by atoms with Crippen LogP contribution in [-0.4, -0.2) is 12.8 Å². The molecule has 0 spiro atoms. The van der Waals surface area contributed by atoms with Crippen LogP contribution in [0.2, 0.25) is 0 Å². The molecule has 0 bridgehead atoms. The Bertz CT molecular complexity index is 234. The number of nitrogens with one attached hydrogen (secondary N) is 2. The molecule has 0 fully saturated rings. The summed E-state index contributed by atoms with van der Waals surface area (Å²) in [6.45, 7) is 7.36. The summed E-state index contributed by atoms with van der Waals surface area (Å²) in [7, 11) is 1.82. The summed E-state index contributed by atoms with van der Waals surface area (Å²) in [5, 5.41) is 10.5. The first kappa shape index (κ1) is 10.7. The SMILES string of the molecule is C=C/C(NC)=C(\C=C/C)C(C)=N. The summed E-state index contributed by atoms with van der Waals surface area (Å²) < 4.78 is 0. The Hall–Kier alpha value is -1.31. The molecule has 2 heteroatoms. The van der Waals surface area contributed by atoms with Crippen molar-refractivity contribution in [2.75, 3.05) is 7.05 Å². The predicted molar refractivity (Wildman–Crippen MR) is 54.5 cm³/mol. The Kier molecular flexibility index (Phi) is 4.77. The number of hydrogen-bond acceptors (Lipinski definition) is 2. The van der Waals surface area contributed by atoms with Gasteiger partial charge in [-0.05, 0) is 19.9 Å². The Morgan fingerprint density at radius 1 is 1.50 bits per heavy atom. The van der Waals surface area contributed by atoms with E-state index in [2.05, 4.69) is 11.9 Å². The van der Waals surface area contributed by atoms with Crippen LogP contribution in [0.25, 0.3) is 0 Å². The van der Waals surface area contributed by atoms with Gasteiger partial charge in [-0.2, -0.15) is 0 Å². The largest absolute Gasteiger partial charge is 0.388 e. The molecular formula is C10H16N2. The summed E-state index contributed by atoms with van der Waals surface area (Å²) in [5.74, 6) is 0. The van der Waals surface area contributed by atoms with Crippen molar-refractivity contribution in [1.29, 1.82) is 5.41 Å². The van der Waals surface area contributed by atoms with Crippen molar-refractivity contribution in [3.8, 4) is 0 Å². The summed E-state index contributed by atoms with van der Waals surface area (Å²) in [4.78, 5) is 0. The molecule has 2 N–H and O–H groups in total.